The van der Waals surface area contributed by atoms with Crippen LogP contribution in [0.1, 0.15) is 27.7 Å². The van der Waals surface area contributed by atoms with E-state index < -0.39 is 5.60 Å². The van der Waals surface area contributed by atoms with Crippen LogP contribution in [0.15, 0.2) is 53.7 Å². The lowest BCUT2D eigenvalue weighted by Gasteiger charge is -2.34. The topological polar surface area (TPSA) is 45.7 Å². The Bertz CT molecular complexity index is 832. The molecule has 0 spiro atoms. The molecule has 27 heavy (non-hydrogen) atoms. The predicted octanol–water partition coefficient (Wildman–Crippen LogP) is 4.74. The van der Waals surface area contributed by atoms with Crippen LogP contribution in [-0.4, -0.2) is 51.6 Å². The Labute approximate surface area is 165 Å². The number of aromatic nitrogens is 1. The third-order valence-corrected chi connectivity index (χ3v) is 5.45. The Morgan fingerprint density at radius 2 is 1.96 bits per heavy atom. The molecule has 1 aromatic carbocycles. The van der Waals surface area contributed by atoms with Gasteiger partial charge in [-0.1, -0.05) is 18.2 Å². The third-order valence-electron chi connectivity index (χ3n) is 4.24. The summed E-state index contributed by atoms with van der Waals surface area (Å²) in [7, 11) is 0. The van der Waals surface area contributed by atoms with E-state index >= 15 is 0 Å². The second kappa shape index (κ2) is 8.31. The summed E-state index contributed by atoms with van der Waals surface area (Å²) in [4.78, 5) is 19.6. The standard InChI is InChI=1S/C21H27N3O2S/c1-16-15-23(20(25)26-21(2,3)4)11-5-6-12-24(16)27-19-8-7-18-14-22-10-9-17(18)13-19/h5-10,13-14,16H,11-12,15H2,1-4H3/b6-5-/t16-/m1/s1. The number of nitrogens with zero attached hydrogens (tertiary/aromatic N) is 3. The van der Waals surface area contributed by atoms with Crippen molar-refractivity contribution in [3.63, 3.8) is 0 Å². The van der Waals surface area contributed by atoms with Crippen molar-refractivity contribution in [1.29, 1.82) is 0 Å². The van der Waals surface area contributed by atoms with Gasteiger partial charge in [0.05, 0.1) is 0 Å². The fraction of sp³-hybridized carbons (Fsp3) is 0.429. The maximum absolute atomic E-state index is 12.5. The first-order chi connectivity index (χ1) is 12.8. The number of pyridine rings is 1. The molecule has 2 heterocycles. The highest BCUT2D eigenvalue weighted by Gasteiger charge is 2.26. The molecule has 0 radical (unpaired) electrons. The zero-order valence-corrected chi connectivity index (χ0v) is 17.2. The average molecular weight is 386 g/mol. The van der Waals surface area contributed by atoms with E-state index in [1.54, 1.807) is 16.8 Å². The first kappa shape index (κ1) is 19.7. The minimum Gasteiger partial charge on any atom is -0.444 e. The Hall–Kier alpha value is -2.05. The van der Waals surface area contributed by atoms with Crippen LogP contribution in [0.4, 0.5) is 4.79 Å². The number of carbonyl (C=O) groups is 1. The third kappa shape index (κ3) is 5.47. The molecule has 0 bridgehead atoms. The summed E-state index contributed by atoms with van der Waals surface area (Å²) in [6, 6.07) is 8.63. The highest BCUT2D eigenvalue weighted by atomic mass is 32.2. The van der Waals surface area contributed by atoms with E-state index in [-0.39, 0.29) is 12.1 Å². The molecule has 5 nitrogen and oxygen atoms in total. The Morgan fingerprint density at radius 3 is 2.74 bits per heavy atom. The lowest BCUT2D eigenvalue weighted by Crippen LogP contribution is -2.45. The van der Waals surface area contributed by atoms with E-state index in [1.165, 1.54) is 10.3 Å². The van der Waals surface area contributed by atoms with Crippen LogP contribution in [0.2, 0.25) is 0 Å². The van der Waals surface area contributed by atoms with E-state index in [4.69, 9.17) is 4.74 Å². The van der Waals surface area contributed by atoms with Crippen molar-refractivity contribution in [1.82, 2.24) is 14.2 Å². The summed E-state index contributed by atoms with van der Waals surface area (Å²) < 4.78 is 7.85. The summed E-state index contributed by atoms with van der Waals surface area (Å²) in [5.74, 6) is 0. The highest BCUT2D eigenvalue weighted by molar-refractivity contribution is 7.97. The first-order valence-corrected chi connectivity index (χ1v) is 10.0. The Morgan fingerprint density at radius 1 is 1.19 bits per heavy atom. The molecule has 1 aliphatic rings. The molecule has 0 fully saturated rings. The van der Waals surface area contributed by atoms with Gasteiger partial charge in [-0.3, -0.25) is 4.98 Å². The largest absolute Gasteiger partial charge is 0.444 e. The average Bonchev–Trinajstić information content (AvgIpc) is 2.59. The number of fused-ring (bicyclic) bond motifs is 1. The lowest BCUT2D eigenvalue weighted by molar-refractivity contribution is 0.0242. The minimum atomic E-state index is -0.485. The highest BCUT2D eigenvalue weighted by Crippen LogP contribution is 2.28. The number of rotatable bonds is 2. The molecular weight excluding hydrogens is 358 g/mol. The second-order valence-corrected chi connectivity index (χ2v) is 8.90. The zero-order chi connectivity index (χ0) is 19.4. The molecular formula is C21H27N3O2S. The van der Waals surface area contributed by atoms with Gasteiger partial charge in [0, 0.05) is 48.4 Å². The van der Waals surface area contributed by atoms with Gasteiger partial charge in [0.2, 0.25) is 0 Å². The van der Waals surface area contributed by atoms with Gasteiger partial charge in [-0.2, -0.15) is 0 Å². The Balaban J connectivity index is 1.71. The summed E-state index contributed by atoms with van der Waals surface area (Å²) >= 11 is 1.72. The number of ether oxygens (including phenoxy) is 1. The summed E-state index contributed by atoms with van der Waals surface area (Å²) in [6.07, 6.45) is 7.59. The van der Waals surface area contributed by atoms with Gasteiger partial charge in [0.15, 0.2) is 0 Å². The molecule has 0 saturated heterocycles. The van der Waals surface area contributed by atoms with Crippen molar-refractivity contribution in [2.75, 3.05) is 19.6 Å². The van der Waals surface area contributed by atoms with Gasteiger partial charge < -0.3 is 9.64 Å². The molecule has 2 aromatic rings. The van der Waals surface area contributed by atoms with Gasteiger partial charge in [0.1, 0.15) is 5.60 Å². The van der Waals surface area contributed by atoms with Gasteiger partial charge in [0.25, 0.3) is 0 Å². The lowest BCUT2D eigenvalue weighted by atomic mass is 10.2. The van der Waals surface area contributed by atoms with Crippen LogP contribution >= 0.6 is 11.9 Å². The molecule has 1 aromatic heterocycles. The second-order valence-electron chi connectivity index (χ2n) is 7.78. The fourth-order valence-corrected chi connectivity index (χ4v) is 3.89. The maximum atomic E-state index is 12.5. The van der Waals surface area contributed by atoms with E-state index in [0.29, 0.717) is 13.1 Å². The van der Waals surface area contributed by atoms with E-state index in [9.17, 15) is 4.79 Å². The van der Waals surface area contributed by atoms with Crippen LogP contribution in [0.3, 0.4) is 0 Å². The van der Waals surface area contributed by atoms with Gasteiger partial charge >= 0.3 is 6.09 Å². The fourth-order valence-electron chi connectivity index (χ4n) is 2.90. The summed E-state index contributed by atoms with van der Waals surface area (Å²) in [5.41, 5.74) is -0.485. The summed E-state index contributed by atoms with van der Waals surface area (Å²) in [6.45, 7) is 9.88. The molecule has 3 rings (SSSR count). The zero-order valence-electron chi connectivity index (χ0n) is 16.4. The molecule has 1 amide bonds. The molecule has 6 heteroatoms. The van der Waals surface area contributed by atoms with Crippen LogP contribution in [0.25, 0.3) is 10.8 Å². The normalized spacial score (nSPS) is 20.1. The first-order valence-electron chi connectivity index (χ1n) is 9.23. The van der Waals surface area contributed by atoms with Crippen molar-refractivity contribution >= 4 is 28.8 Å². The molecule has 0 saturated carbocycles. The smallest absolute Gasteiger partial charge is 0.410 e. The SMILES string of the molecule is C[C@@H]1CN(C(=O)OC(C)(C)C)C/C=C\CN1Sc1ccc2cnccc2c1. The molecule has 1 atom stereocenters. The van der Waals surface area contributed by atoms with E-state index in [0.717, 1.165) is 11.9 Å². The van der Waals surface area contributed by atoms with Gasteiger partial charge in [-0.15, -0.1) is 0 Å². The minimum absolute atomic E-state index is 0.195. The Kier molecular flexibility index (Phi) is 6.07. The number of amides is 1. The van der Waals surface area contributed by atoms with Crippen molar-refractivity contribution in [3.05, 3.63) is 48.8 Å². The molecule has 144 valence electrons. The number of benzene rings is 1. The van der Waals surface area contributed by atoms with Crippen LogP contribution in [0, 0.1) is 0 Å². The van der Waals surface area contributed by atoms with Crippen molar-refractivity contribution in [2.45, 2.75) is 44.2 Å². The van der Waals surface area contributed by atoms with Crippen LogP contribution in [0.5, 0.6) is 0 Å². The number of hydrogen-bond donors (Lipinski definition) is 0. The molecule has 0 aliphatic carbocycles. The monoisotopic (exact) mass is 385 g/mol. The predicted molar refractivity (Wildman–Crippen MR) is 111 cm³/mol. The quantitative estimate of drug-likeness (QED) is 0.552. The molecule has 1 aliphatic heterocycles. The number of carbonyl (C=O) groups excluding carboxylic acids is 1. The van der Waals surface area contributed by atoms with E-state index in [1.807, 2.05) is 45.3 Å². The maximum Gasteiger partial charge on any atom is 0.410 e. The molecule has 0 N–H and O–H groups in total. The van der Waals surface area contributed by atoms with Gasteiger partial charge in [-0.25, -0.2) is 9.10 Å². The number of hydrogen-bond acceptors (Lipinski definition) is 5. The van der Waals surface area contributed by atoms with Crippen LogP contribution < -0.4 is 0 Å². The van der Waals surface area contributed by atoms with Crippen molar-refractivity contribution in [2.24, 2.45) is 0 Å². The summed E-state index contributed by atoms with van der Waals surface area (Å²) in [5, 5.41) is 2.32. The van der Waals surface area contributed by atoms with Gasteiger partial charge in [-0.05, 0) is 63.2 Å². The molecule has 0 unspecified atom stereocenters. The van der Waals surface area contributed by atoms with Crippen molar-refractivity contribution < 1.29 is 9.53 Å². The van der Waals surface area contributed by atoms with Crippen molar-refractivity contribution in [3.8, 4) is 0 Å². The van der Waals surface area contributed by atoms with Crippen LogP contribution in [-0.2, 0) is 4.74 Å². The van der Waals surface area contributed by atoms with E-state index in [2.05, 4.69) is 40.5 Å².